The number of hydrogen-bond donors (Lipinski definition) is 1. The topological polar surface area (TPSA) is 43.8 Å². The number of fused-ring (bicyclic) bond motifs is 1. The molecule has 1 aliphatic carbocycles. The van der Waals surface area contributed by atoms with Crippen molar-refractivity contribution in [1.82, 2.24) is 9.80 Å². The molecule has 4 nitrogen and oxygen atoms in total. The number of nitrogens with zero attached hydrogens (tertiary/aromatic N) is 2. The number of benzene rings is 1. The Labute approximate surface area is 113 Å². The normalized spacial score (nSPS) is 24.4. The molecule has 1 heterocycles. The quantitative estimate of drug-likeness (QED) is 0.883. The summed E-state index contributed by atoms with van der Waals surface area (Å²) < 4.78 is 0. The second kappa shape index (κ2) is 4.94. The number of likely N-dealkylation sites (N-methyl/N-ethyl adjacent to an activating group) is 1. The fraction of sp³-hybridized carbons (Fsp3) is 0.533. The van der Waals surface area contributed by atoms with E-state index in [2.05, 4.69) is 16.8 Å². The lowest BCUT2D eigenvalue weighted by atomic mass is 9.86. The third-order valence-corrected chi connectivity index (χ3v) is 4.31. The standard InChI is InChI=1S/C15H20N2O2/c1-16-7-8-17(10-16)14-4-2-3-11-9-12(15(18)19)5-6-13(11)14/h5-6,9,14H,2-4,7-8,10H2,1H3,(H,18,19). The Bertz CT molecular complexity index is 501. The van der Waals surface area contributed by atoms with E-state index in [1.807, 2.05) is 12.1 Å². The number of carboxylic acids is 1. The number of carbonyl (C=O) groups is 1. The van der Waals surface area contributed by atoms with Gasteiger partial charge in [-0.1, -0.05) is 6.07 Å². The van der Waals surface area contributed by atoms with E-state index in [1.54, 1.807) is 6.07 Å². The summed E-state index contributed by atoms with van der Waals surface area (Å²) in [6.07, 6.45) is 3.35. The molecule has 1 fully saturated rings. The molecule has 0 aromatic heterocycles. The molecule has 1 N–H and O–H groups in total. The van der Waals surface area contributed by atoms with E-state index < -0.39 is 5.97 Å². The van der Waals surface area contributed by atoms with Gasteiger partial charge >= 0.3 is 5.97 Å². The predicted octanol–water partition coefficient (Wildman–Crippen LogP) is 1.97. The van der Waals surface area contributed by atoms with Crippen molar-refractivity contribution in [3.8, 4) is 0 Å². The average Bonchev–Trinajstić information content (AvgIpc) is 2.84. The number of rotatable bonds is 2. The Balaban J connectivity index is 1.90. The van der Waals surface area contributed by atoms with Crippen LogP contribution in [0.2, 0.25) is 0 Å². The first kappa shape index (κ1) is 12.6. The molecule has 0 saturated carbocycles. The molecule has 2 aliphatic rings. The van der Waals surface area contributed by atoms with Crippen LogP contribution in [0.15, 0.2) is 18.2 Å². The van der Waals surface area contributed by atoms with Crippen LogP contribution in [0, 0.1) is 0 Å². The maximum absolute atomic E-state index is 11.1. The van der Waals surface area contributed by atoms with Gasteiger partial charge in [0, 0.05) is 19.1 Å². The molecule has 0 radical (unpaired) electrons. The van der Waals surface area contributed by atoms with E-state index in [4.69, 9.17) is 5.11 Å². The van der Waals surface area contributed by atoms with Crippen molar-refractivity contribution in [3.05, 3.63) is 34.9 Å². The van der Waals surface area contributed by atoms with Crippen molar-refractivity contribution >= 4 is 5.97 Å². The molecule has 1 unspecified atom stereocenters. The van der Waals surface area contributed by atoms with Gasteiger partial charge in [-0.2, -0.15) is 0 Å². The summed E-state index contributed by atoms with van der Waals surface area (Å²) in [7, 11) is 2.15. The van der Waals surface area contributed by atoms with Gasteiger partial charge in [-0.3, -0.25) is 9.80 Å². The van der Waals surface area contributed by atoms with Gasteiger partial charge < -0.3 is 5.11 Å². The van der Waals surface area contributed by atoms with Gasteiger partial charge in [0.15, 0.2) is 0 Å². The molecule has 1 atom stereocenters. The van der Waals surface area contributed by atoms with Crippen molar-refractivity contribution in [2.45, 2.75) is 25.3 Å². The Hall–Kier alpha value is -1.39. The fourth-order valence-corrected chi connectivity index (χ4v) is 3.31. The maximum Gasteiger partial charge on any atom is 0.335 e. The molecule has 102 valence electrons. The first-order valence-electron chi connectivity index (χ1n) is 6.94. The first-order chi connectivity index (χ1) is 9.15. The largest absolute Gasteiger partial charge is 0.478 e. The minimum absolute atomic E-state index is 0.415. The molecule has 0 amide bonds. The van der Waals surface area contributed by atoms with Crippen LogP contribution >= 0.6 is 0 Å². The molecular formula is C15H20N2O2. The van der Waals surface area contributed by atoms with Gasteiger partial charge in [0.05, 0.1) is 12.2 Å². The minimum Gasteiger partial charge on any atom is -0.478 e. The van der Waals surface area contributed by atoms with Gasteiger partial charge in [-0.25, -0.2) is 4.79 Å². The summed E-state index contributed by atoms with van der Waals surface area (Å²) in [5.41, 5.74) is 2.98. The predicted molar refractivity (Wildman–Crippen MR) is 73.3 cm³/mol. The van der Waals surface area contributed by atoms with E-state index in [0.717, 1.165) is 32.6 Å². The van der Waals surface area contributed by atoms with Crippen molar-refractivity contribution in [1.29, 1.82) is 0 Å². The molecular weight excluding hydrogens is 240 g/mol. The molecule has 1 saturated heterocycles. The summed E-state index contributed by atoms with van der Waals surface area (Å²) in [6.45, 7) is 3.26. The van der Waals surface area contributed by atoms with Crippen LogP contribution in [-0.4, -0.2) is 47.7 Å². The Kier molecular flexibility index (Phi) is 3.29. The van der Waals surface area contributed by atoms with Crippen molar-refractivity contribution < 1.29 is 9.90 Å². The van der Waals surface area contributed by atoms with E-state index in [9.17, 15) is 4.79 Å². The molecule has 3 rings (SSSR count). The van der Waals surface area contributed by atoms with E-state index in [1.165, 1.54) is 17.5 Å². The Morgan fingerprint density at radius 3 is 2.89 bits per heavy atom. The van der Waals surface area contributed by atoms with Gasteiger partial charge in [0.1, 0.15) is 0 Å². The maximum atomic E-state index is 11.1. The summed E-state index contributed by atoms with van der Waals surface area (Å²) in [5.74, 6) is -0.828. The first-order valence-corrected chi connectivity index (χ1v) is 6.94. The lowest BCUT2D eigenvalue weighted by molar-refractivity contribution is 0.0696. The Morgan fingerprint density at radius 2 is 2.21 bits per heavy atom. The molecule has 0 bridgehead atoms. The van der Waals surface area contributed by atoms with Gasteiger partial charge in [0.2, 0.25) is 0 Å². The zero-order valence-corrected chi connectivity index (χ0v) is 11.3. The molecule has 1 aromatic carbocycles. The summed E-state index contributed by atoms with van der Waals surface area (Å²) >= 11 is 0. The highest BCUT2D eigenvalue weighted by Gasteiger charge is 2.29. The van der Waals surface area contributed by atoms with Crippen LogP contribution in [0.25, 0.3) is 0 Å². The lowest BCUT2D eigenvalue weighted by Gasteiger charge is -2.33. The van der Waals surface area contributed by atoms with Crippen molar-refractivity contribution in [3.63, 3.8) is 0 Å². The summed E-state index contributed by atoms with van der Waals surface area (Å²) in [4.78, 5) is 15.9. The minimum atomic E-state index is -0.828. The number of carboxylic acid groups (broad SMARTS) is 1. The van der Waals surface area contributed by atoms with Crippen LogP contribution in [0.5, 0.6) is 0 Å². The zero-order chi connectivity index (χ0) is 13.4. The van der Waals surface area contributed by atoms with Gasteiger partial charge in [0.25, 0.3) is 0 Å². The van der Waals surface area contributed by atoms with Crippen LogP contribution < -0.4 is 0 Å². The number of aryl methyl sites for hydroxylation is 1. The highest BCUT2D eigenvalue weighted by molar-refractivity contribution is 5.88. The van der Waals surface area contributed by atoms with E-state index in [0.29, 0.717) is 11.6 Å². The van der Waals surface area contributed by atoms with Crippen LogP contribution in [0.3, 0.4) is 0 Å². The van der Waals surface area contributed by atoms with Crippen LogP contribution in [0.4, 0.5) is 0 Å². The van der Waals surface area contributed by atoms with Crippen LogP contribution in [-0.2, 0) is 6.42 Å². The second-order valence-corrected chi connectivity index (χ2v) is 5.66. The van der Waals surface area contributed by atoms with Gasteiger partial charge in [-0.15, -0.1) is 0 Å². The summed E-state index contributed by atoms with van der Waals surface area (Å²) in [6, 6.07) is 6.11. The molecule has 0 spiro atoms. The highest BCUT2D eigenvalue weighted by Crippen LogP contribution is 2.35. The van der Waals surface area contributed by atoms with E-state index >= 15 is 0 Å². The average molecular weight is 260 g/mol. The van der Waals surface area contributed by atoms with E-state index in [-0.39, 0.29) is 0 Å². The smallest absolute Gasteiger partial charge is 0.335 e. The molecule has 4 heteroatoms. The van der Waals surface area contributed by atoms with Crippen LogP contribution in [0.1, 0.15) is 40.4 Å². The Morgan fingerprint density at radius 1 is 1.37 bits per heavy atom. The zero-order valence-electron chi connectivity index (χ0n) is 11.3. The molecule has 1 aromatic rings. The van der Waals surface area contributed by atoms with Gasteiger partial charge in [-0.05, 0) is 49.6 Å². The van der Waals surface area contributed by atoms with Crippen molar-refractivity contribution in [2.24, 2.45) is 0 Å². The lowest BCUT2D eigenvalue weighted by Crippen LogP contribution is -2.30. The third kappa shape index (κ3) is 2.38. The monoisotopic (exact) mass is 260 g/mol. The molecule has 1 aliphatic heterocycles. The fourth-order valence-electron chi connectivity index (χ4n) is 3.31. The number of hydrogen-bond acceptors (Lipinski definition) is 3. The summed E-state index contributed by atoms with van der Waals surface area (Å²) in [5, 5.41) is 9.08. The third-order valence-electron chi connectivity index (χ3n) is 4.31. The SMILES string of the molecule is CN1CCN(C2CCCc3cc(C(=O)O)ccc32)C1. The number of aromatic carboxylic acids is 1. The van der Waals surface area contributed by atoms with Crippen molar-refractivity contribution in [2.75, 3.05) is 26.8 Å². The molecule has 19 heavy (non-hydrogen) atoms. The second-order valence-electron chi connectivity index (χ2n) is 5.66. The highest BCUT2D eigenvalue weighted by atomic mass is 16.4.